The van der Waals surface area contributed by atoms with E-state index in [1.165, 1.54) is 44.1 Å². The predicted octanol–water partition coefficient (Wildman–Crippen LogP) is 9.79. The molecule has 5 aromatic carbocycles. The van der Waals surface area contributed by atoms with Gasteiger partial charge in [-0.05, 0) is 71.3 Å². The van der Waals surface area contributed by atoms with Crippen molar-refractivity contribution in [1.82, 2.24) is 0 Å². The van der Waals surface area contributed by atoms with Gasteiger partial charge in [-0.25, -0.2) is 0 Å². The van der Waals surface area contributed by atoms with Gasteiger partial charge in [-0.15, -0.1) is 0 Å². The van der Waals surface area contributed by atoms with E-state index in [-0.39, 0.29) is 5.41 Å². The number of benzene rings is 5. The van der Waals surface area contributed by atoms with E-state index in [1.54, 1.807) is 0 Å². The fourth-order valence-electron chi connectivity index (χ4n) is 5.52. The van der Waals surface area contributed by atoms with Crippen molar-refractivity contribution in [2.75, 3.05) is 4.90 Å². The van der Waals surface area contributed by atoms with Crippen molar-refractivity contribution in [3.05, 3.63) is 101 Å². The second-order valence-electron chi connectivity index (χ2n) is 10.9. The molecule has 0 radical (unpaired) electrons. The van der Waals surface area contributed by atoms with Gasteiger partial charge >= 0.3 is 0 Å². The zero-order valence-electron chi connectivity index (χ0n) is 21.4. The first-order chi connectivity index (χ1) is 16.7. The summed E-state index contributed by atoms with van der Waals surface area (Å²) in [5.41, 5.74) is 8.62. The van der Waals surface area contributed by atoms with Crippen molar-refractivity contribution in [3.63, 3.8) is 0 Å². The Morgan fingerprint density at radius 2 is 1.26 bits per heavy atom. The first kappa shape index (κ1) is 21.7. The fraction of sp³-hybridized carbons (Fsp3) is 0.212. The SMILES string of the molecule is Cc1cc(C(C)(C)C)cc(C)c1N1c2ccc3ccccc3c2Oc2c1ccc1cccc(C)c21. The van der Waals surface area contributed by atoms with Crippen LogP contribution in [0.25, 0.3) is 21.5 Å². The molecular formula is C33H31NO. The average Bonchev–Trinajstić information content (AvgIpc) is 2.82. The van der Waals surface area contributed by atoms with Crippen LogP contribution in [0.2, 0.25) is 0 Å². The summed E-state index contributed by atoms with van der Waals surface area (Å²) in [4.78, 5) is 2.42. The molecular weight excluding hydrogens is 426 g/mol. The van der Waals surface area contributed by atoms with Gasteiger partial charge in [0.25, 0.3) is 0 Å². The van der Waals surface area contributed by atoms with Crippen LogP contribution < -0.4 is 9.64 Å². The number of hydrogen-bond donors (Lipinski definition) is 0. The Hall–Kier alpha value is -3.78. The summed E-state index contributed by atoms with van der Waals surface area (Å²) in [5.74, 6) is 1.85. The molecule has 0 saturated heterocycles. The summed E-state index contributed by atoms with van der Waals surface area (Å²) in [6, 6.07) is 28.5. The summed E-state index contributed by atoms with van der Waals surface area (Å²) >= 11 is 0. The summed E-state index contributed by atoms with van der Waals surface area (Å²) in [6.45, 7) is 13.5. The molecule has 35 heavy (non-hydrogen) atoms. The number of ether oxygens (including phenoxy) is 1. The molecule has 174 valence electrons. The van der Waals surface area contributed by atoms with Crippen LogP contribution in [0.15, 0.2) is 78.9 Å². The minimum atomic E-state index is 0.0956. The zero-order chi connectivity index (χ0) is 24.5. The van der Waals surface area contributed by atoms with E-state index in [2.05, 4.69) is 125 Å². The molecule has 5 aromatic rings. The van der Waals surface area contributed by atoms with Crippen LogP contribution in [0, 0.1) is 20.8 Å². The van der Waals surface area contributed by atoms with Crippen LogP contribution in [0.5, 0.6) is 11.5 Å². The molecule has 0 saturated carbocycles. The third-order valence-corrected chi connectivity index (χ3v) is 7.31. The molecule has 2 nitrogen and oxygen atoms in total. The van der Waals surface area contributed by atoms with E-state index < -0.39 is 0 Å². The van der Waals surface area contributed by atoms with Crippen LogP contribution in [-0.2, 0) is 5.41 Å². The van der Waals surface area contributed by atoms with Gasteiger partial charge in [0.2, 0.25) is 0 Å². The van der Waals surface area contributed by atoms with Crippen molar-refractivity contribution in [3.8, 4) is 11.5 Å². The summed E-state index contributed by atoms with van der Waals surface area (Å²) in [5, 5.41) is 4.69. The van der Waals surface area contributed by atoms with Gasteiger partial charge in [-0.3, -0.25) is 0 Å². The molecule has 6 rings (SSSR count). The fourth-order valence-corrected chi connectivity index (χ4v) is 5.52. The lowest BCUT2D eigenvalue weighted by Gasteiger charge is -2.36. The van der Waals surface area contributed by atoms with Crippen LogP contribution >= 0.6 is 0 Å². The van der Waals surface area contributed by atoms with Gasteiger partial charge in [0.15, 0.2) is 11.5 Å². The molecule has 0 spiro atoms. The van der Waals surface area contributed by atoms with Crippen molar-refractivity contribution >= 4 is 38.6 Å². The normalized spacial score (nSPS) is 13.0. The Morgan fingerprint density at radius 3 is 1.97 bits per heavy atom. The first-order valence-electron chi connectivity index (χ1n) is 12.4. The summed E-state index contributed by atoms with van der Waals surface area (Å²) in [7, 11) is 0. The van der Waals surface area contributed by atoms with E-state index in [0.29, 0.717) is 0 Å². The molecule has 2 heteroatoms. The van der Waals surface area contributed by atoms with Gasteiger partial charge in [-0.1, -0.05) is 87.5 Å². The molecule has 0 N–H and O–H groups in total. The predicted molar refractivity (Wildman–Crippen MR) is 149 cm³/mol. The largest absolute Gasteiger partial charge is 0.452 e. The monoisotopic (exact) mass is 457 g/mol. The van der Waals surface area contributed by atoms with Crippen LogP contribution in [0.4, 0.5) is 17.1 Å². The molecule has 0 aliphatic carbocycles. The van der Waals surface area contributed by atoms with Gasteiger partial charge in [0.1, 0.15) is 0 Å². The number of rotatable bonds is 1. The average molecular weight is 458 g/mol. The molecule has 0 fully saturated rings. The van der Waals surface area contributed by atoms with E-state index in [4.69, 9.17) is 4.74 Å². The lowest BCUT2D eigenvalue weighted by Crippen LogP contribution is -2.19. The molecule has 0 bridgehead atoms. The molecule has 0 atom stereocenters. The van der Waals surface area contributed by atoms with Crippen LogP contribution in [-0.4, -0.2) is 0 Å². The third-order valence-electron chi connectivity index (χ3n) is 7.31. The van der Waals surface area contributed by atoms with Crippen molar-refractivity contribution in [2.45, 2.75) is 47.0 Å². The highest BCUT2D eigenvalue weighted by Gasteiger charge is 2.31. The highest BCUT2D eigenvalue weighted by atomic mass is 16.5. The Morgan fingerprint density at radius 1 is 0.629 bits per heavy atom. The van der Waals surface area contributed by atoms with Gasteiger partial charge in [0, 0.05) is 10.8 Å². The van der Waals surface area contributed by atoms with E-state index >= 15 is 0 Å². The first-order valence-corrected chi connectivity index (χ1v) is 12.4. The minimum absolute atomic E-state index is 0.0956. The lowest BCUT2D eigenvalue weighted by molar-refractivity contribution is 0.488. The van der Waals surface area contributed by atoms with Crippen LogP contribution in [0.1, 0.15) is 43.0 Å². The van der Waals surface area contributed by atoms with Gasteiger partial charge in [0.05, 0.1) is 17.1 Å². The maximum Gasteiger partial charge on any atom is 0.159 e. The Bertz CT molecular complexity index is 1610. The summed E-state index contributed by atoms with van der Waals surface area (Å²) in [6.07, 6.45) is 0. The molecule has 0 aromatic heterocycles. The highest BCUT2D eigenvalue weighted by Crippen LogP contribution is 2.56. The molecule has 1 heterocycles. The Labute approximate surface area is 207 Å². The van der Waals surface area contributed by atoms with Gasteiger partial charge < -0.3 is 9.64 Å². The molecule has 1 aliphatic heterocycles. The van der Waals surface area contributed by atoms with Crippen molar-refractivity contribution in [1.29, 1.82) is 0 Å². The topological polar surface area (TPSA) is 12.5 Å². The second-order valence-corrected chi connectivity index (χ2v) is 10.9. The Kier molecular flexibility index (Phi) is 4.73. The number of fused-ring (bicyclic) bond motifs is 6. The second kappa shape index (κ2) is 7.61. The summed E-state index contributed by atoms with van der Waals surface area (Å²) < 4.78 is 6.85. The molecule has 1 aliphatic rings. The third kappa shape index (κ3) is 3.31. The number of anilines is 3. The lowest BCUT2D eigenvalue weighted by atomic mass is 9.84. The van der Waals surface area contributed by atoms with E-state index in [1.807, 2.05) is 0 Å². The van der Waals surface area contributed by atoms with Crippen molar-refractivity contribution < 1.29 is 4.74 Å². The van der Waals surface area contributed by atoms with E-state index in [9.17, 15) is 0 Å². The maximum atomic E-state index is 6.85. The number of hydrogen-bond acceptors (Lipinski definition) is 2. The zero-order valence-corrected chi connectivity index (χ0v) is 21.4. The minimum Gasteiger partial charge on any atom is -0.452 e. The van der Waals surface area contributed by atoms with Crippen LogP contribution in [0.3, 0.4) is 0 Å². The highest BCUT2D eigenvalue weighted by molar-refractivity contribution is 6.05. The van der Waals surface area contributed by atoms with Gasteiger partial charge in [-0.2, -0.15) is 0 Å². The smallest absolute Gasteiger partial charge is 0.159 e. The quantitative estimate of drug-likeness (QED) is 0.244. The van der Waals surface area contributed by atoms with Crippen molar-refractivity contribution in [2.24, 2.45) is 0 Å². The number of nitrogens with zero attached hydrogens (tertiary/aromatic N) is 1. The Balaban J connectivity index is 1.72. The maximum absolute atomic E-state index is 6.85. The van der Waals surface area contributed by atoms with E-state index in [0.717, 1.165) is 28.3 Å². The number of aryl methyl sites for hydroxylation is 3. The molecule has 0 unspecified atom stereocenters. The molecule has 0 amide bonds. The standard InChI is InChI=1S/C33H31NO/c1-20-10-9-12-24-15-17-28-32(29(20)24)35-31-26-13-8-7-11-23(26)14-16-27(31)34(28)30-21(2)18-25(19-22(30)3)33(4,5)6/h7-19H,1-6H3.